The van der Waals surface area contributed by atoms with Crippen LogP contribution in [0.4, 0.5) is 5.13 Å². The van der Waals surface area contributed by atoms with Crippen molar-refractivity contribution < 1.29 is 19.4 Å². The van der Waals surface area contributed by atoms with E-state index in [2.05, 4.69) is 4.98 Å². The topological polar surface area (TPSA) is 79.7 Å². The first kappa shape index (κ1) is 19.5. The lowest BCUT2D eigenvalue weighted by Gasteiger charge is -2.23. The number of amides is 1. The van der Waals surface area contributed by atoms with E-state index >= 15 is 0 Å². The number of anilines is 1. The number of aryl methyl sites for hydroxylation is 1. The van der Waals surface area contributed by atoms with E-state index in [0.717, 1.165) is 28.9 Å². The molecular weight excluding hydrogens is 412 g/mol. The zero-order valence-electron chi connectivity index (χ0n) is 17.0. The predicted octanol–water partition coefficient (Wildman–Crippen LogP) is 4.40. The highest BCUT2D eigenvalue weighted by Crippen LogP contribution is 2.43. The van der Waals surface area contributed by atoms with Gasteiger partial charge in [-0.2, -0.15) is 0 Å². The molecule has 3 heterocycles. The van der Waals surface area contributed by atoms with E-state index in [1.54, 1.807) is 23.7 Å². The Morgan fingerprint density at radius 3 is 2.68 bits per heavy atom. The Morgan fingerprint density at radius 2 is 1.97 bits per heavy atom. The summed E-state index contributed by atoms with van der Waals surface area (Å²) >= 11 is 1.27. The first-order chi connectivity index (χ1) is 14.9. The van der Waals surface area contributed by atoms with Crippen LogP contribution >= 0.6 is 11.3 Å². The van der Waals surface area contributed by atoms with Gasteiger partial charge >= 0.3 is 5.91 Å². The number of fused-ring (bicyclic) bond motifs is 1. The zero-order chi connectivity index (χ0) is 21.7. The average Bonchev–Trinajstić information content (AvgIpc) is 3.46. The highest BCUT2D eigenvalue weighted by molar-refractivity contribution is 7.14. The predicted molar refractivity (Wildman–Crippen MR) is 118 cm³/mol. The van der Waals surface area contributed by atoms with Crippen molar-refractivity contribution >= 4 is 33.9 Å². The van der Waals surface area contributed by atoms with Crippen LogP contribution in [0.2, 0.25) is 0 Å². The minimum Gasteiger partial charge on any atom is -0.507 e. The number of nitrogens with zero attached hydrogens (tertiary/aromatic N) is 2. The molecule has 0 saturated carbocycles. The van der Waals surface area contributed by atoms with Crippen molar-refractivity contribution in [2.24, 2.45) is 0 Å². The van der Waals surface area contributed by atoms with Crippen LogP contribution in [-0.4, -0.2) is 27.9 Å². The standard InChI is InChI=1S/C24H20N2O4S/c1-13-3-5-15(6-4-13)20-19(22(28)23(29)26(20)24-25-9-10-31-24)21(27)16-7-8-18-17(12-16)11-14(2)30-18/h3-10,12,14,20,27H,11H2,1-2H3/b21-19+/t14-,20-/m0/s1. The van der Waals surface area contributed by atoms with Gasteiger partial charge in [0.25, 0.3) is 5.78 Å². The quantitative estimate of drug-likeness (QED) is 0.377. The van der Waals surface area contributed by atoms with Gasteiger partial charge in [-0.15, -0.1) is 11.3 Å². The Balaban J connectivity index is 1.68. The molecule has 0 spiro atoms. The van der Waals surface area contributed by atoms with Crippen LogP contribution in [0.3, 0.4) is 0 Å². The fraction of sp³-hybridized carbons (Fsp3) is 0.208. The number of thiazole rings is 1. The minimum absolute atomic E-state index is 0.0652. The summed E-state index contributed by atoms with van der Waals surface area (Å²) in [6.45, 7) is 3.95. The average molecular weight is 433 g/mol. The smallest absolute Gasteiger partial charge is 0.301 e. The van der Waals surface area contributed by atoms with E-state index in [9.17, 15) is 14.7 Å². The first-order valence-electron chi connectivity index (χ1n) is 10.0. The molecule has 0 bridgehead atoms. The molecule has 2 aromatic carbocycles. The molecule has 3 aromatic rings. The normalized spacial score (nSPS) is 21.9. The molecule has 0 unspecified atom stereocenters. The summed E-state index contributed by atoms with van der Waals surface area (Å²) in [7, 11) is 0. The highest BCUT2D eigenvalue weighted by Gasteiger charge is 2.48. The van der Waals surface area contributed by atoms with E-state index in [-0.39, 0.29) is 17.4 Å². The number of aliphatic hydroxyl groups is 1. The molecular formula is C24H20N2O4S. The fourth-order valence-corrected chi connectivity index (χ4v) is 4.82. The SMILES string of the molecule is Cc1ccc([C@H]2/C(=C(\O)c3ccc4c(c3)C[C@H](C)O4)C(=O)C(=O)N2c2nccs2)cc1. The van der Waals surface area contributed by atoms with Crippen molar-refractivity contribution in [1.82, 2.24) is 4.98 Å². The van der Waals surface area contributed by atoms with Crippen LogP contribution in [0.5, 0.6) is 5.75 Å². The first-order valence-corrected chi connectivity index (χ1v) is 10.9. The van der Waals surface area contributed by atoms with Gasteiger partial charge in [-0.3, -0.25) is 14.5 Å². The molecule has 1 N–H and O–H groups in total. The lowest BCUT2D eigenvalue weighted by molar-refractivity contribution is -0.132. The molecule has 1 aromatic heterocycles. The summed E-state index contributed by atoms with van der Waals surface area (Å²) < 4.78 is 5.74. The number of hydrogen-bond acceptors (Lipinski definition) is 6. The largest absolute Gasteiger partial charge is 0.507 e. The van der Waals surface area contributed by atoms with Crippen LogP contribution in [0, 0.1) is 6.92 Å². The van der Waals surface area contributed by atoms with Crippen LogP contribution in [0.15, 0.2) is 59.6 Å². The van der Waals surface area contributed by atoms with Gasteiger partial charge in [-0.25, -0.2) is 4.98 Å². The number of aliphatic hydroxyl groups excluding tert-OH is 1. The molecule has 2 aliphatic heterocycles. The Labute approximate surface area is 183 Å². The molecule has 31 heavy (non-hydrogen) atoms. The number of benzene rings is 2. The second-order valence-electron chi connectivity index (χ2n) is 7.85. The number of ether oxygens (including phenoxy) is 1. The minimum atomic E-state index is -0.754. The summed E-state index contributed by atoms with van der Waals surface area (Å²) in [5, 5.41) is 13.4. The molecule has 1 fully saturated rings. The summed E-state index contributed by atoms with van der Waals surface area (Å²) in [5.74, 6) is -0.823. The Kier molecular flexibility index (Phi) is 4.63. The third kappa shape index (κ3) is 3.21. The number of carbonyl (C=O) groups excluding carboxylic acids is 2. The number of carbonyl (C=O) groups is 2. The van der Waals surface area contributed by atoms with Crippen LogP contribution < -0.4 is 9.64 Å². The summed E-state index contributed by atoms with van der Waals surface area (Å²) in [5.41, 5.74) is 3.32. The van der Waals surface area contributed by atoms with Crippen molar-refractivity contribution in [3.63, 3.8) is 0 Å². The van der Waals surface area contributed by atoms with Gasteiger partial charge in [0.05, 0.1) is 11.6 Å². The monoisotopic (exact) mass is 432 g/mol. The lowest BCUT2D eigenvalue weighted by Crippen LogP contribution is -2.29. The third-order valence-corrected chi connectivity index (χ3v) is 6.40. The van der Waals surface area contributed by atoms with Gasteiger partial charge in [0, 0.05) is 23.6 Å². The van der Waals surface area contributed by atoms with Crippen LogP contribution in [0.1, 0.15) is 35.2 Å². The summed E-state index contributed by atoms with van der Waals surface area (Å²) in [6, 6.07) is 12.2. The molecule has 2 atom stereocenters. The molecule has 1 amide bonds. The summed E-state index contributed by atoms with van der Waals surface area (Å²) in [4.78, 5) is 31.7. The number of ketones is 1. The summed E-state index contributed by atoms with van der Waals surface area (Å²) in [6.07, 6.45) is 2.38. The molecule has 5 rings (SSSR count). The Morgan fingerprint density at radius 1 is 1.19 bits per heavy atom. The molecule has 156 valence electrons. The fourth-order valence-electron chi connectivity index (χ4n) is 4.15. The number of rotatable bonds is 3. The third-order valence-electron chi connectivity index (χ3n) is 5.63. The van der Waals surface area contributed by atoms with Gasteiger partial charge in [-0.1, -0.05) is 29.8 Å². The molecule has 6 nitrogen and oxygen atoms in total. The van der Waals surface area contributed by atoms with E-state index in [1.807, 2.05) is 44.2 Å². The van der Waals surface area contributed by atoms with Gasteiger partial charge in [0.15, 0.2) is 5.13 Å². The zero-order valence-corrected chi connectivity index (χ0v) is 17.8. The maximum absolute atomic E-state index is 13.1. The van der Waals surface area contributed by atoms with Gasteiger partial charge in [0.2, 0.25) is 0 Å². The van der Waals surface area contributed by atoms with E-state index in [4.69, 9.17) is 4.74 Å². The van der Waals surface area contributed by atoms with Gasteiger partial charge in [0.1, 0.15) is 17.6 Å². The number of hydrogen-bond donors (Lipinski definition) is 1. The van der Waals surface area contributed by atoms with Crippen molar-refractivity contribution in [2.45, 2.75) is 32.4 Å². The maximum atomic E-state index is 13.1. The van der Waals surface area contributed by atoms with Crippen molar-refractivity contribution in [1.29, 1.82) is 0 Å². The molecule has 2 aliphatic rings. The number of aromatic nitrogens is 1. The Bertz CT molecular complexity index is 1210. The van der Waals surface area contributed by atoms with E-state index in [1.165, 1.54) is 16.2 Å². The van der Waals surface area contributed by atoms with Crippen molar-refractivity contribution in [2.75, 3.05) is 4.90 Å². The molecule has 0 aliphatic carbocycles. The van der Waals surface area contributed by atoms with Crippen LogP contribution in [0.25, 0.3) is 5.76 Å². The number of Topliss-reactive ketones (excluding diaryl/α,β-unsaturated/α-hetero) is 1. The van der Waals surface area contributed by atoms with E-state index in [0.29, 0.717) is 10.7 Å². The second-order valence-corrected chi connectivity index (χ2v) is 8.72. The van der Waals surface area contributed by atoms with Gasteiger partial charge in [-0.05, 0) is 43.2 Å². The molecule has 7 heteroatoms. The Hall–Kier alpha value is -3.45. The maximum Gasteiger partial charge on any atom is 0.301 e. The highest BCUT2D eigenvalue weighted by atomic mass is 32.1. The van der Waals surface area contributed by atoms with Crippen LogP contribution in [-0.2, 0) is 16.0 Å². The molecule has 0 radical (unpaired) electrons. The second kappa shape index (κ2) is 7.35. The molecule has 1 saturated heterocycles. The van der Waals surface area contributed by atoms with Crippen molar-refractivity contribution in [3.8, 4) is 5.75 Å². The van der Waals surface area contributed by atoms with E-state index < -0.39 is 17.7 Å². The van der Waals surface area contributed by atoms with Gasteiger partial charge < -0.3 is 9.84 Å². The van der Waals surface area contributed by atoms with Crippen molar-refractivity contribution in [3.05, 3.63) is 81.9 Å². The lowest BCUT2D eigenvalue weighted by atomic mass is 9.94.